The molecule has 0 saturated carbocycles. The number of carbonyl (C=O) groups is 1. The van der Waals surface area contributed by atoms with Crippen LogP contribution in [0.2, 0.25) is 0 Å². The van der Waals surface area contributed by atoms with E-state index in [0.717, 1.165) is 37.4 Å². The van der Waals surface area contributed by atoms with Crippen molar-refractivity contribution in [3.05, 3.63) is 35.5 Å². The predicted octanol–water partition coefficient (Wildman–Crippen LogP) is 1.53. The van der Waals surface area contributed by atoms with E-state index in [0.29, 0.717) is 35.6 Å². The van der Waals surface area contributed by atoms with E-state index in [4.69, 9.17) is 0 Å². The molecular formula is C20H25N9O. The lowest BCUT2D eigenvalue weighted by Gasteiger charge is -2.34. The normalized spacial score (nSPS) is 18.7. The lowest BCUT2D eigenvalue weighted by atomic mass is 10.1. The summed E-state index contributed by atoms with van der Waals surface area (Å²) in [5.41, 5.74) is 3.62. The second kappa shape index (κ2) is 7.21. The van der Waals surface area contributed by atoms with Crippen LogP contribution < -0.4 is 20.4 Å². The topological polar surface area (TPSA) is 104 Å². The number of amides is 2. The Morgan fingerprint density at radius 1 is 1.27 bits per heavy atom. The molecule has 0 radical (unpaired) electrons. The molecule has 0 aliphatic carbocycles. The van der Waals surface area contributed by atoms with E-state index in [1.165, 1.54) is 5.69 Å². The SMILES string of the molecule is Cc1nc2nc(C)c(NC(=O)N3CCc4c(N5CCN[C@@H](C)C5)ccnc43)cn2n1. The lowest BCUT2D eigenvalue weighted by Crippen LogP contribution is -2.49. The van der Waals surface area contributed by atoms with Crippen molar-refractivity contribution in [3.8, 4) is 0 Å². The maximum atomic E-state index is 13.1. The van der Waals surface area contributed by atoms with E-state index in [1.807, 2.05) is 13.8 Å². The first kappa shape index (κ1) is 18.7. The maximum Gasteiger partial charge on any atom is 0.327 e. The monoisotopic (exact) mass is 407 g/mol. The summed E-state index contributed by atoms with van der Waals surface area (Å²) in [6.07, 6.45) is 4.34. The van der Waals surface area contributed by atoms with Gasteiger partial charge in [0.2, 0.25) is 0 Å². The van der Waals surface area contributed by atoms with E-state index in [1.54, 1.807) is 21.8 Å². The van der Waals surface area contributed by atoms with E-state index < -0.39 is 0 Å². The minimum atomic E-state index is -0.215. The highest BCUT2D eigenvalue weighted by Crippen LogP contribution is 2.34. The summed E-state index contributed by atoms with van der Waals surface area (Å²) in [6, 6.07) is 2.29. The molecule has 0 spiro atoms. The van der Waals surface area contributed by atoms with Gasteiger partial charge in [0.1, 0.15) is 11.6 Å². The number of anilines is 3. The highest BCUT2D eigenvalue weighted by Gasteiger charge is 2.30. The summed E-state index contributed by atoms with van der Waals surface area (Å²) in [5, 5.41) is 10.7. The summed E-state index contributed by atoms with van der Waals surface area (Å²) in [6.45, 7) is 9.31. The molecule has 5 rings (SSSR count). The molecule has 3 aromatic heterocycles. The van der Waals surface area contributed by atoms with Gasteiger partial charge < -0.3 is 15.5 Å². The Kier molecular flexibility index (Phi) is 4.50. The Labute approximate surface area is 174 Å². The molecule has 156 valence electrons. The van der Waals surface area contributed by atoms with Crippen molar-refractivity contribution in [1.82, 2.24) is 29.9 Å². The number of carbonyl (C=O) groups excluding carboxylic acids is 1. The second-order valence-corrected chi connectivity index (χ2v) is 7.91. The van der Waals surface area contributed by atoms with Gasteiger partial charge >= 0.3 is 6.03 Å². The predicted molar refractivity (Wildman–Crippen MR) is 114 cm³/mol. The first-order chi connectivity index (χ1) is 14.5. The van der Waals surface area contributed by atoms with Gasteiger partial charge in [0.25, 0.3) is 5.78 Å². The van der Waals surface area contributed by atoms with Gasteiger partial charge in [-0.25, -0.2) is 19.3 Å². The van der Waals surface area contributed by atoms with Gasteiger partial charge in [0, 0.05) is 49.7 Å². The van der Waals surface area contributed by atoms with Crippen LogP contribution in [0.1, 0.15) is 24.0 Å². The third-order valence-electron chi connectivity index (χ3n) is 5.67. The fraction of sp³-hybridized carbons (Fsp3) is 0.450. The van der Waals surface area contributed by atoms with Crippen LogP contribution in [0.3, 0.4) is 0 Å². The van der Waals surface area contributed by atoms with Crippen LogP contribution in [0.5, 0.6) is 0 Å². The molecule has 2 amide bonds. The molecule has 2 aliphatic heterocycles. The van der Waals surface area contributed by atoms with Crippen LogP contribution in [0.15, 0.2) is 18.5 Å². The summed E-state index contributed by atoms with van der Waals surface area (Å²) in [7, 11) is 0. The molecular weight excluding hydrogens is 382 g/mol. The van der Waals surface area contributed by atoms with Crippen LogP contribution in [-0.2, 0) is 6.42 Å². The summed E-state index contributed by atoms with van der Waals surface area (Å²) < 4.78 is 1.58. The second-order valence-electron chi connectivity index (χ2n) is 7.91. The molecule has 10 heteroatoms. The standard InChI is InChI=1S/C20H25N9O/c1-12-10-27(9-7-21-12)17-4-6-22-18-15(17)5-8-28(18)20(30)25-16-11-29-19(23-13(16)2)24-14(3)26-29/h4,6,11-12,21H,5,7-10H2,1-3H3,(H,25,30)/t12-/m0/s1. The largest absolute Gasteiger partial charge is 0.368 e. The molecule has 0 aromatic carbocycles. The van der Waals surface area contributed by atoms with Gasteiger partial charge in [-0.1, -0.05) is 0 Å². The average Bonchev–Trinajstić information content (AvgIpc) is 3.30. The molecule has 0 unspecified atom stereocenters. The number of piperazine rings is 1. The third-order valence-corrected chi connectivity index (χ3v) is 5.67. The molecule has 3 aromatic rings. The molecule has 2 aliphatic rings. The Morgan fingerprint density at radius 2 is 2.13 bits per heavy atom. The van der Waals surface area contributed by atoms with Gasteiger partial charge in [-0.2, -0.15) is 10.1 Å². The van der Waals surface area contributed by atoms with Gasteiger partial charge in [0.05, 0.1) is 17.6 Å². The number of aryl methyl sites for hydroxylation is 2. The van der Waals surface area contributed by atoms with E-state index in [-0.39, 0.29) is 6.03 Å². The van der Waals surface area contributed by atoms with Crippen molar-refractivity contribution in [2.75, 3.05) is 41.3 Å². The Bertz CT molecular complexity index is 1120. The first-order valence-corrected chi connectivity index (χ1v) is 10.2. The van der Waals surface area contributed by atoms with Gasteiger partial charge in [0.15, 0.2) is 0 Å². The van der Waals surface area contributed by atoms with Crippen LogP contribution in [0.25, 0.3) is 5.78 Å². The van der Waals surface area contributed by atoms with Crippen LogP contribution in [0.4, 0.5) is 22.0 Å². The highest BCUT2D eigenvalue weighted by molar-refractivity contribution is 6.03. The highest BCUT2D eigenvalue weighted by atomic mass is 16.2. The number of nitrogens with one attached hydrogen (secondary N) is 2. The Morgan fingerprint density at radius 3 is 2.97 bits per heavy atom. The average molecular weight is 407 g/mol. The van der Waals surface area contributed by atoms with Crippen molar-refractivity contribution >= 4 is 29.0 Å². The van der Waals surface area contributed by atoms with E-state index >= 15 is 0 Å². The molecule has 1 atom stereocenters. The third kappa shape index (κ3) is 3.22. The summed E-state index contributed by atoms with van der Waals surface area (Å²) >= 11 is 0. The van der Waals surface area contributed by atoms with Crippen molar-refractivity contribution in [1.29, 1.82) is 0 Å². The van der Waals surface area contributed by atoms with Crippen molar-refractivity contribution in [3.63, 3.8) is 0 Å². The fourth-order valence-electron chi connectivity index (χ4n) is 4.23. The molecule has 30 heavy (non-hydrogen) atoms. The van der Waals surface area contributed by atoms with Crippen molar-refractivity contribution in [2.45, 2.75) is 33.2 Å². The zero-order valence-corrected chi connectivity index (χ0v) is 17.4. The minimum absolute atomic E-state index is 0.215. The smallest absolute Gasteiger partial charge is 0.327 e. The number of aromatic nitrogens is 5. The maximum absolute atomic E-state index is 13.1. The molecule has 5 heterocycles. The summed E-state index contributed by atoms with van der Waals surface area (Å²) in [4.78, 5) is 30.4. The number of urea groups is 1. The lowest BCUT2D eigenvalue weighted by molar-refractivity contribution is 0.257. The number of hydrogen-bond acceptors (Lipinski definition) is 7. The molecule has 2 N–H and O–H groups in total. The van der Waals surface area contributed by atoms with E-state index in [9.17, 15) is 4.79 Å². The number of pyridine rings is 1. The first-order valence-electron chi connectivity index (χ1n) is 10.2. The van der Waals surface area contributed by atoms with Crippen LogP contribution in [0, 0.1) is 13.8 Å². The Hall–Kier alpha value is -3.27. The van der Waals surface area contributed by atoms with Gasteiger partial charge in [-0.3, -0.25) is 4.90 Å². The summed E-state index contributed by atoms with van der Waals surface area (Å²) in [5.74, 6) is 1.89. The molecule has 10 nitrogen and oxygen atoms in total. The molecule has 1 saturated heterocycles. The number of fused-ring (bicyclic) bond motifs is 2. The minimum Gasteiger partial charge on any atom is -0.368 e. The van der Waals surface area contributed by atoms with Crippen molar-refractivity contribution in [2.24, 2.45) is 0 Å². The zero-order valence-electron chi connectivity index (χ0n) is 17.4. The number of rotatable bonds is 2. The van der Waals surface area contributed by atoms with Crippen LogP contribution >= 0.6 is 0 Å². The fourth-order valence-corrected chi connectivity index (χ4v) is 4.23. The van der Waals surface area contributed by atoms with E-state index in [2.05, 4.69) is 48.6 Å². The van der Waals surface area contributed by atoms with Crippen molar-refractivity contribution < 1.29 is 4.79 Å². The Balaban J connectivity index is 1.40. The van der Waals surface area contributed by atoms with Gasteiger partial charge in [-0.15, -0.1) is 0 Å². The number of hydrogen-bond donors (Lipinski definition) is 2. The molecule has 0 bridgehead atoms. The van der Waals surface area contributed by atoms with Crippen LogP contribution in [-0.4, -0.2) is 62.8 Å². The number of nitrogens with zero attached hydrogens (tertiary/aromatic N) is 7. The quantitative estimate of drug-likeness (QED) is 0.664. The van der Waals surface area contributed by atoms with Gasteiger partial charge in [-0.05, 0) is 33.3 Å². The zero-order chi connectivity index (χ0) is 20.8. The molecule has 1 fully saturated rings.